The molecule has 0 saturated carbocycles. The first kappa shape index (κ1) is 22.5. The summed E-state index contributed by atoms with van der Waals surface area (Å²) in [7, 11) is 0. The van der Waals surface area contributed by atoms with Crippen LogP contribution in [0.5, 0.6) is 0 Å². The van der Waals surface area contributed by atoms with Crippen molar-refractivity contribution in [2.45, 2.75) is 59.7 Å². The smallest absolute Gasteiger partial charge is 0.229 e. The van der Waals surface area contributed by atoms with Crippen LogP contribution in [0.1, 0.15) is 47.5 Å². The molecule has 2 fully saturated rings. The van der Waals surface area contributed by atoms with Gasteiger partial charge in [-0.3, -0.25) is 9.59 Å². The summed E-state index contributed by atoms with van der Waals surface area (Å²) in [5, 5.41) is 2.84. The number of nitrogens with one attached hydrogen (secondary N) is 1. The second-order valence-electron chi connectivity index (χ2n) is 9.66. The largest absolute Gasteiger partial charge is 0.372 e. The number of anilines is 2. The first-order chi connectivity index (χ1) is 14.0. The summed E-state index contributed by atoms with van der Waals surface area (Å²) in [4.78, 5) is 29.1. The van der Waals surface area contributed by atoms with Gasteiger partial charge in [-0.2, -0.15) is 0 Å². The van der Waals surface area contributed by atoms with Gasteiger partial charge in [-0.25, -0.2) is 4.39 Å². The van der Waals surface area contributed by atoms with Crippen LogP contribution in [0.15, 0.2) is 18.2 Å². The minimum atomic E-state index is -0.466. The average molecular weight is 420 g/mol. The summed E-state index contributed by atoms with van der Waals surface area (Å²) in [6.45, 7) is 12.0. The number of halogens is 1. The second kappa shape index (κ2) is 8.92. The highest BCUT2D eigenvalue weighted by Crippen LogP contribution is 2.28. The number of benzene rings is 1. The maximum absolute atomic E-state index is 14.8. The molecule has 6 nitrogen and oxygen atoms in total. The quantitative estimate of drug-likeness (QED) is 0.812. The van der Waals surface area contributed by atoms with Crippen LogP contribution in [0.2, 0.25) is 0 Å². The van der Waals surface area contributed by atoms with Crippen molar-refractivity contribution in [1.29, 1.82) is 0 Å². The number of carbonyl (C=O) groups is 2. The molecule has 2 saturated heterocycles. The third-order valence-electron chi connectivity index (χ3n) is 5.70. The number of ether oxygens (including phenoxy) is 1. The number of hydrogen-bond donors (Lipinski definition) is 1. The summed E-state index contributed by atoms with van der Waals surface area (Å²) in [6.07, 6.45) is 1.60. The first-order valence-electron chi connectivity index (χ1n) is 10.8. The fraction of sp³-hybridized carbons (Fsp3) is 0.652. The lowest BCUT2D eigenvalue weighted by Crippen LogP contribution is -2.47. The summed E-state index contributed by atoms with van der Waals surface area (Å²) in [5.74, 6) is -0.748. The molecule has 2 amide bonds. The number of piperidine rings is 1. The van der Waals surface area contributed by atoms with Gasteiger partial charge >= 0.3 is 0 Å². The van der Waals surface area contributed by atoms with Gasteiger partial charge in [-0.15, -0.1) is 0 Å². The van der Waals surface area contributed by atoms with Crippen molar-refractivity contribution >= 4 is 23.2 Å². The molecular formula is C23H34FN3O3. The summed E-state index contributed by atoms with van der Waals surface area (Å²) in [6, 6.07) is 4.83. The molecule has 7 heteroatoms. The highest BCUT2D eigenvalue weighted by Gasteiger charge is 2.33. The standard InChI is InChI=1S/C23H34FN3O3/c1-15-12-27(13-16(2)30-15)20-9-8-18(11-19(20)24)25-21(28)17-7-6-10-26(14-17)22(29)23(3,4)5/h8-9,11,15-17H,6-7,10,12-14H2,1-5H3,(H,25,28). The third kappa shape index (κ3) is 5.31. The molecule has 0 aliphatic carbocycles. The topological polar surface area (TPSA) is 61.9 Å². The maximum atomic E-state index is 14.8. The van der Waals surface area contributed by atoms with Gasteiger partial charge in [-0.05, 0) is 44.9 Å². The normalized spacial score (nSPS) is 25.2. The fourth-order valence-corrected chi connectivity index (χ4v) is 4.31. The summed E-state index contributed by atoms with van der Waals surface area (Å²) in [5.41, 5.74) is 0.496. The van der Waals surface area contributed by atoms with Gasteiger partial charge in [0.2, 0.25) is 11.8 Å². The van der Waals surface area contributed by atoms with Crippen LogP contribution < -0.4 is 10.2 Å². The summed E-state index contributed by atoms with van der Waals surface area (Å²) < 4.78 is 20.5. The van der Waals surface area contributed by atoms with Crippen LogP contribution in [0.25, 0.3) is 0 Å². The zero-order valence-corrected chi connectivity index (χ0v) is 18.7. The number of carbonyl (C=O) groups excluding carboxylic acids is 2. The lowest BCUT2D eigenvalue weighted by atomic mass is 9.91. The Hall–Kier alpha value is -2.15. The molecular weight excluding hydrogens is 385 g/mol. The molecule has 30 heavy (non-hydrogen) atoms. The average Bonchev–Trinajstić information content (AvgIpc) is 2.66. The van der Waals surface area contributed by atoms with Crippen molar-refractivity contribution in [3.63, 3.8) is 0 Å². The van der Waals surface area contributed by atoms with Gasteiger partial charge in [0, 0.05) is 37.3 Å². The molecule has 3 unspecified atom stereocenters. The minimum Gasteiger partial charge on any atom is -0.372 e. The molecule has 0 bridgehead atoms. The molecule has 1 aromatic rings. The van der Waals surface area contributed by atoms with E-state index in [0.29, 0.717) is 37.6 Å². The molecule has 3 rings (SSSR count). The Balaban J connectivity index is 1.64. The number of nitrogens with zero attached hydrogens (tertiary/aromatic N) is 2. The van der Waals surface area contributed by atoms with E-state index in [4.69, 9.17) is 4.74 Å². The van der Waals surface area contributed by atoms with Crippen LogP contribution in [0, 0.1) is 17.2 Å². The predicted molar refractivity (Wildman–Crippen MR) is 116 cm³/mol. The lowest BCUT2D eigenvalue weighted by Gasteiger charge is -2.37. The SMILES string of the molecule is CC1CN(c2ccc(NC(=O)C3CCCN(C(=O)C(C)(C)C)C3)cc2F)CC(C)O1. The monoisotopic (exact) mass is 419 g/mol. The number of morpholine rings is 1. The van der Waals surface area contributed by atoms with Crippen molar-refractivity contribution in [3.05, 3.63) is 24.0 Å². The highest BCUT2D eigenvalue weighted by molar-refractivity contribution is 5.93. The highest BCUT2D eigenvalue weighted by atomic mass is 19.1. The van der Waals surface area contributed by atoms with E-state index in [-0.39, 0.29) is 35.8 Å². The molecule has 0 radical (unpaired) electrons. The van der Waals surface area contributed by atoms with Gasteiger partial charge in [-0.1, -0.05) is 20.8 Å². The molecule has 2 aliphatic heterocycles. The van der Waals surface area contributed by atoms with E-state index in [1.165, 1.54) is 6.07 Å². The van der Waals surface area contributed by atoms with E-state index < -0.39 is 5.41 Å². The van der Waals surface area contributed by atoms with Crippen LogP contribution in [-0.2, 0) is 14.3 Å². The van der Waals surface area contributed by atoms with Crippen LogP contribution in [-0.4, -0.2) is 55.1 Å². The number of amides is 2. The predicted octanol–water partition coefficient (Wildman–Crippen LogP) is 3.66. The molecule has 1 aromatic carbocycles. The lowest BCUT2D eigenvalue weighted by molar-refractivity contribution is -0.142. The van der Waals surface area contributed by atoms with E-state index in [0.717, 1.165) is 12.8 Å². The fourth-order valence-electron chi connectivity index (χ4n) is 4.31. The van der Waals surface area contributed by atoms with Gasteiger partial charge in [0.25, 0.3) is 0 Å². The van der Waals surface area contributed by atoms with Gasteiger partial charge in [0.05, 0.1) is 23.8 Å². The van der Waals surface area contributed by atoms with E-state index in [1.807, 2.05) is 39.5 Å². The van der Waals surface area contributed by atoms with Crippen LogP contribution in [0.3, 0.4) is 0 Å². The number of likely N-dealkylation sites (tertiary alicyclic amines) is 1. The van der Waals surface area contributed by atoms with Gasteiger partial charge in [0.1, 0.15) is 5.82 Å². The van der Waals surface area contributed by atoms with E-state index in [2.05, 4.69) is 5.32 Å². The Kier molecular flexibility index (Phi) is 6.70. The van der Waals surface area contributed by atoms with Crippen molar-refractivity contribution in [2.24, 2.45) is 11.3 Å². The molecule has 2 aliphatic rings. The molecule has 3 atom stereocenters. The molecule has 1 N–H and O–H groups in total. The van der Waals surface area contributed by atoms with Gasteiger partial charge in [0.15, 0.2) is 0 Å². The van der Waals surface area contributed by atoms with Gasteiger partial charge < -0.3 is 19.9 Å². The molecule has 0 spiro atoms. The molecule has 2 heterocycles. The van der Waals surface area contributed by atoms with Crippen LogP contribution in [0.4, 0.5) is 15.8 Å². The Bertz CT molecular complexity index is 782. The number of hydrogen-bond acceptors (Lipinski definition) is 4. The van der Waals surface area contributed by atoms with Crippen LogP contribution >= 0.6 is 0 Å². The van der Waals surface area contributed by atoms with E-state index >= 15 is 0 Å². The molecule has 0 aromatic heterocycles. The molecule has 166 valence electrons. The Labute approximate surface area is 178 Å². The first-order valence-corrected chi connectivity index (χ1v) is 10.8. The Morgan fingerprint density at radius 3 is 2.40 bits per heavy atom. The zero-order chi connectivity index (χ0) is 22.1. The summed E-state index contributed by atoms with van der Waals surface area (Å²) >= 11 is 0. The zero-order valence-electron chi connectivity index (χ0n) is 18.7. The van der Waals surface area contributed by atoms with E-state index in [1.54, 1.807) is 17.0 Å². The van der Waals surface area contributed by atoms with Crippen molar-refractivity contribution in [2.75, 3.05) is 36.4 Å². The third-order valence-corrected chi connectivity index (χ3v) is 5.70. The Morgan fingerprint density at radius 2 is 1.80 bits per heavy atom. The minimum absolute atomic E-state index is 0.0394. The maximum Gasteiger partial charge on any atom is 0.229 e. The Morgan fingerprint density at radius 1 is 1.13 bits per heavy atom. The van der Waals surface area contributed by atoms with Crippen molar-refractivity contribution in [1.82, 2.24) is 4.90 Å². The van der Waals surface area contributed by atoms with E-state index in [9.17, 15) is 14.0 Å². The number of rotatable bonds is 3. The second-order valence-corrected chi connectivity index (χ2v) is 9.66. The van der Waals surface area contributed by atoms with Crippen molar-refractivity contribution in [3.8, 4) is 0 Å². The van der Waals surface area contributed by atoms with Crippen molar-refractivity contribution < 1.29 is 18.7 Å².